The molecule has 2 aliphatic rings. The summed E-state index contributed by atoms with van der Waals surface area (Å²) in [5.41, 5.74) is 0.664. The lowest BCUT2D eigenvalue weighted by molar-refractivity contribution is -0.137. The quantitative estimate of drug-likeness (QED) is 0.519. The zero-order valence-electron chi connectivity index (χ0n) is 17.9. The minimum Gasteiger partial charge on any atom is -0.324 e. The van der Waals surface area contributed by atoms with E-state index in [1.165, 1.54) is 22.9 Å². The molecule has 2 aromatic carbocycles. The second-order valence-corrected chi connectivity index (χ2v) is 8.54. The molecule has 0 fully saturated rings. The van der Waals surface area contributed by atoms with Crippen LogP contribution in [0.3, 0.4) is 0 Å². The summed E-state index contributed by atoms with van der Waals surface area (Å²) in [5, 5.41) is 3.28. The summed E-state index contributed by atoms with van der Waals surface area (Å²) in [7, 11) is 1.53. The van der Waals surface area contributed by atoms with E-state index in [-0.39, 0.29) is 37.0 Å². The number of carbonyl (C=O) groups excluding carboxylic acids is 1. The van der Waals surface area contributed by atoms with Gasteiger partial charge in [-0.1, -0.05) is 6.07 Å². The number of aromatic nitrogens is 1. The number of rotatable bonds is 1. The van der Waals surface area contributed by atoms with E-state index in [2.05, 4.69) is 10.3 Å². The Labute approximate surface area is 190 Å². The fourth-order valence-corrected chi connectivity index (χ4v) is 4.74. The first-order chi connectivity index (χ1) is 16.0. The molecule has 34 heavy (non-hydrogen) atoms. The van der Waals surface area contributed by atoms with Crippen LogP contribution in [0.5, 0.6) is 0 Å². The van der Waals surface area contributed by atoms with Gasteiger partial charge in [0.2, 0.25) is 0 Å². The van der Waals surface area contributed by atoms with Gasteiger partial charge >= 0.3 is 12.2 Å². The van der Waals surface area contributed by atoms with E-state index in [1.807, 2.05) is 0 Å². The average Bonchev–Trinajstić information content (AvgIpc) is 3.22. The smallest absolute Gasteiger partial charge is 0.324 e. The largest absolute Gasteiger partial charge is 0.416 e. The van der Waals surface area contributed by atoms with Crippen molar-refractivity contribution in [3.8, 4) is 0 Å². The molecule has 5 rings (SSSR count). The zero-order chi connectivity index (χ0) is 24.4. The highest BCUT2D eigenvalue weighted by atomic mass is 19.4. The number of aromatic amines is 1. The molecule has 1 atom stereocenters. The van der Waals surface area contributed by atoms with E-state index in [0.717, 1.165) is 24.3 Å². The molecule has 2 amide bonds. The Bertz CT molecular complexity index is 1380. The van der Waals surface area contributed by atoms with Crippen molar-refractivity contribution in [3.63, 3.8) is 0 Å². The van der Waals surface area contributed by atoms with Crippen LogP contribution in [0.4, 0.5) is 26.7 Å². The van der Waals surface area contributed by atoms with Crippen molar-refractivity contribution < 1.29 is 26.7 Å². The van der Waals surface area contributed by atoms with Gasteiger partial charge in [-0.3, -0.25) is 4.79 Å². The number of urea groups is 1. The lowest BCUT2D eigenvalue weighted by Gasteiger charge is -2.36. The zero-order valence-corrected chi connectivity index (χ0v) is 17.9. The Morgan fingerprint density at radius 2 is 1.74 bits per heavy atom. The normalized spacial score (nSPS) is 17.6. The average molecular weight is 478 g/mol. The number of likely N-dealkylation sites (N-methyl/N-ethyl adjacent to an activating group) is 1. The number of H-pyrrole nitrogens is 1. The van der Waals surface area contributed by atoms with Crippen molar-refractivity contribution in [2.75, 3.05) is 13.6 Å². The molecule has 3 aromatic rings. The summed E-state index contributed by atoms with van der Waals surface area (Å²) >= 11 is 0. The summed E-state index contributed by atoms with van der Waals surface area (Å²) in [6.45, 7) is 0.722. The molecule has 1 aromatic heterocycles. The summed E-state index contributed by atoms with van der Waals surface area (Å²) in [4.78, 5) is 31.2. The Balaban J connectivity index is 1.48. The Morgan fingerprint density at radius 3 is 2.44 bits per heavy atom. The fraction of sp³-hybridized carbons (Fsp3) is 0.304. The highest BCUT2D eigenvalue weighted by molar-refractivity contribution is 5.87. The molecule has 0 radical (unpaired) electrons. The number of hydrogen-bond acceptors (Lipinski definition) is 3. The van der Waals surface area contributed by atoms with Gasteiger partial charge in [0.15, 0.2) is 11.6 Å². The number of amides is 2. The number of carbonyl (C=O) groups is 1. The molecule has 0 saturated heterocycles. The molecule has 2 aliphatic heterocycles. The van der Waals surface area contributed by atoms with Gasteiger partial charge in [0.05, 0.1) is 17.0 Å². The molecule has 2 N–H and O–H groups in total. The standard InChI is InChI=1S/C23H19F5N4O2/c1-31(22(34)32-9-11-2-3-13(23(26,27)28)4-12(11)10-32)19-8-29-7-18-20(19)14-5-16(24)17(25)6-15(14)21(33)30-18/h2-6,19,29H,7-10H2,1H3,(H,30,33)/t19-/m1/s1. The Morgan fingerprint density at radius 1 is 1.06 bits per heavy atom. The summed E-state index contributed by atoms with van der Waals surface area (Å²) in [5.74, 6) is -2.26. The van der Waals surface area contributed by atoms with Gasteiger partial charge in [0.1, 0.15) is 0 Å². The van der Waals surface area contributed by atoms with Gasteiger partial charge in [0, 0.05) is 44.5 Å². The third-order valence-corrected chi connectivity index (χ3v) is 6.45. The Hall–Kier alpha value is -3.47. The van der Waals surface area contributed by atoms with E-state index in [0.29, 0.717) is 22.4 Å². The number of fused-ring (bicyclic) bond motifs is 4. The molecular formula is C23H19F5N4O2. The van der Waals surface area contributed by atoms with Crippen molar-refractivity contribution in [1.29, 1.82) is 0 Å². The van der Waals surface area contributed by atoms with Crippen LogP contribution in [-0.4, -0.2) is 34.4 Å². The van der Waals surface area contributed by atoms with Crippen LogP contribution < -0.4 is 10.9 Å². The third kappa shape index (κ3) is 3.60. The van der Waals surface area contributed by atoms with E-state index in [9.17, 15) is 31.5 Å². The molecule has 0 aliphatic carbocycles. The Kier molecular flexibility index (Phi) is 5.12. The topological polar surface area (TPSA) is 68.4 Å². The number of alkyl halides is 3. The van der Waals surface area contributed by atoms with Crippen molar-refractivity contribution in [1.82, 2.24) is 20.1 Å². The molecule has 6 nitrogen and oxygen atoms in total. The van der Waals surface area contributed by atoms with Gasteiger partial charge in [-0.2, -0.15) is 13.2 Å². The first-order valence-electron chi connectivity index (χ1n) is 10.5. The van der Waals surface area contributed by atoms with Crippen molar-refractivity contribution in [2.24, 2.45) is 0 Å². The van der Waals surface area contributed by atoms with Crippen molar-refractivity contribution in [2.45, 2.75) is 31.9 Å². The van der Waals surface area contributed by atoms with Crippen LogP contribution in [0.2, 0.25) is 0 Å². The molecule has 3 heterocycles. The number of nitrogens with one attached hydrogen (secondary N) is 2. The minimum absolute atomic E-state index is 0.0155. The minimum atomic E-state index is -4.48. The third-order valence-electron chi connectivity index (χ3n) is 6.45. The number of benzene rings is 2. The molecule has 0 spiro atoms. The lowest BCUT2D eigenvalue weighted by Crippen LogP contribution is -2.46. The van der Waals surface area contributed by atoms with Crippen molar-refractivity contribution in [3.05, 3.63) is 80.3 Å². The molecular weight excluding hydrogens is 459 g/mol. The highest BCUT2D eigenvalue weighted by Crippen LogP contribution is 2.36. The maximum Gasteiger partial charge on any atom is 0.416 e. The van der Waals surface area contributed by atoms with Gasteiger partial charge < -0.3 is 20.1 Å². The van der Waals surface area contributed by atoms with Gasteiger partial charge in [-0.25, -0.2) is 13.6 Å². The fourth-order valence-electron chi connectivity index (χ4n) is 4.74. The summed E-state index contributed by atoms with van der Waals surface area (Å²) < 4.78 is 67.1. The van der Waals surface area contributed by atoms with Gasteiger partial charge in [-0.15, -0.1) is 0 Å². The van der Waals surface area contributed by atoms with E-state index in [1.54, 1.807) is 0 Å². The van der Waals surface area contributed by atoms with Crippen LogP contribution in [0.15, 0.2) is 35.1 Å². The van der Waals surface area contributed by atoms with E-state index >= 15 is 0 Å². The maximum atomic E-state index is 14.1. The number of hydrogen-bond donors (Lipinski definition) is 2. The van der Waals surface area contributed by atoms with E-state index in [4.69, 9.17) is 0 Å². The first-order valence-corrected chi connectivity index (χ1v) is 10.5. The summed E-state index contributed by atoms with van der Waals surface area (Å²) in [6, 6.07) is 4.14. The van der Waals surface area contributed by atoms with Crippen LogP contribution in [-0.2, 0) is 25.8 Å². The monoisotopic (exact) mass is 478 g/mol. The molecule has 178 valence electrons. The molecule has 0 unspecified atom stereocenters. The van der Waals surface area contributed by atoms with Gasteiger partial charge in [-0.05, 0) is 40.8 Å². The lowest BCUT2D eigenvalue weighted by atomic mass is 9.94. The second-order valence-electron chi connectivity index (χ2n) is 8.54. The number of pyridine rings is 1. The predicted octanol–water partition coefficient (Wildman–Crippen LogP) is 4.04. The van der Waals surface area contributed by atoms with Crippen LogP contribution in [0, 0.1) is 11.6 Å². The number of nitrogens with zero attached hydrogens (tertiary/aromatic N) is 2. The second kappa shape index (κ2) is 7.79. The van der Waals surface area contributed by atoms with Crippen LogP contribution >= 0.6 is 0 Å². The summed E-state index contributed by atoms with van der Waals surface area (Å²) in [6.07, 6.45) is -4.48. The van der Waals surface area contributed by atoms with Crippen molar-refractivity contribution >= 4 is 16.8 Å². The van der Waals surface area contributed by atoms with Crippen LogP contribution in [0.1, 0.15) is 34.0 Å². The predicted molar refractivity (Wildman–Crippen MR) is 113 cm³/mol. The number of halogens is 5. The maximum absolute atomic E-state index is 14.1. The molecule has 11 heteroatoms. The first kappa shape index (κ1) is 22.3. The molecule has 0 saturated carbocycles. The van der Waals surface area contributed by atoms with Gasteiger partial charge in [0.25, 0.3) is 5.56 Å². The van der Waals surface area contributed by atoms with E-state index < -0.39 is 41.0 Å². The SMILES string of the molecule is CN(C(=O)N1Cc2ccc(C(F)(F)F)cc2C1)[C@@H]1CNCc2[nH]c(=O)c3cc(F)c(F)cc3c21. The van der Waals surface area contributed by atoms with Crippen LogP contribution in [0.25, 0.3) is 10.8 Å². The molecule has 0 bridgehead atoms. The highest BCUT2D eigenvalue weighted by Gasteiger charge is 2.36.